The fourth-order valence-corrected chi connectivity index (χ4v) is 2.13. The Morgan fingerprint density at radius 2 is 1.81 bits per heavy atom. The Morgan fingerprint density at radius 1 is 1.26 bits per heavy atom. The molecule has 2 unspecified atom stereocenters. The molecule has 0 bridgehead atoms. The second-order valence-corrected chi connectivity index (χ2v) is 6.95. The predicted molar refractivity (Wildman–Crippen MR) is 94.0 cm³/mol. The maximum absolute atomic E-state index is 12.4. The van der Waals surface area contributed by atoms with Crippen LogP contribution in [0.15, 0.2) is 24.3 Å². The van der Waals surface area contributed by atoms with Gasteiger partial charge in [0, 0.05) is 0 Å². The summed E-state index contributed by atoms with van der Waals surface area (Å²) in [6.45, 7) is 7.85. The first-order valence-corrected chi connectivity index (χ1v) is 8.68. The van der Waals surface area contributed by atoms with Gasteiger partial charge in [0.2, 0.25) is 5.91 Å². The van der Waals surface area contributed by atoms with Crippen LogP contribution in [0.25, 0.3) is 0 Å². The molecule has 0 spiro atoms. The van der Waals surface area contributed by atoms with Crippen LogP contribution in [0.3, 0.4) is 0 Å². The van der Waals surface area contributed by atoms with E-state index < -0.39 is 23.7 Å². The number of hydrogen-bond acceptors (Lipinski definition) is 4. The van der Waals surface area contributed by atoms with Crippen molar-refractivity contribution in [2.24, 2.45) is 5.92 Å². The number of halogens is 3. The quantitative estimate of drug-likeness (QED) is 0.839. The lowest BCUT2D eigenvalue weighted by Gasteiger charge is -2.14. The number of amides is 1. The van der Waals surface area contributed by atoms with Gasteiger partial charge in [-0.1, -0.05) is 32.9 Å². The highest BCUT2D eigenvalue weighted by molar-refractivity contribution is 5.92. The van der Waals surface area contributed by atoms with E-state index in [-0.39, 0.29) is 31.7 Å². The Kier molecular flexibility index (Phi) is 8.92. The molecular weight excluding hydrogens is 363 g/mol. The van der Waals surface area contributed by atoms with Gasteiger partial charge >= 0.3 is 6.18 Å². The van der Waals surface area contributed by atoms with E-state index in [9.17, 15) is 22.8 Å². The largest absolute Gasteiger partial charge is 0.416 e. The van der Waals surface area contributed by atoms with Crippen molar-refractivity contribution >= 4 is 11.7 Å². The van der Waals surface area contributed by atoms with E-state index in [2.05, 4.69) is 26.1 Å². The number of ether oxygens (including phenoxy) is 2. The molecular formula is C19H26F3NO4. The lowest BCUT2D eigenvalue weighted by molar-refractivity contribution is -0.137. The Balaban J connectivity index is 0.000000828. The average molecular weight is 389 g/mol. The van der Waals surface area contributed by atoms with Crippen LogP contribution >= 0.6 is 0 Å². The van der Waals surface area contributed by atoms with Crippen molar-refractivity contribution < 1.29 is 32.2 Å². The monoisotopic (exact) mass is 389 g/mol. The summed E-state index contributed by atoms with van der Waals surface area (Å²) in [5.41, 5.74) is -0.229. The third-order valence-electron chi connectivity index (χ3n) is 3.40. The molecule has 1 heterocycles. The van der Waals surface area contributed by atoms with Gasteiger partial charge in [-0.3, -0.25) is 9.59 Å². The van der Waals surface area contributed by atoms with E-state index in [1.54, 1.807) is 6.92 Å². The number of hydrogen-bond donors (Lipinski definition) is 1. The van der Waals surface area contributed by atoms with Crippen molar-refractivity contribution in [2.75, 3.05) is 13.2 Å². The van der Waals surface area contributed by atoms with Crippen molar-refractivity contribution in [1.29, 1.82) is 0 Å². The lowest BCUT2D eigenvalue weighted by atomic mass is 10.1. The zero-order chi connectivity index (χ0) is 20.6. The number of carbonyl (C=O) groups excluding carboxylic acids is 2. The summed E-state index contributed by atoms with van der Waals surface area (Å²) in [5, 5.41) is 2.51. The second-order valence-electron chi connectivity index (χ2n) is 6.95. The molecule has 27 heavy (non-hydrogen) atoms. The van der Waals surface area contributed by atoms with Gasteiger partial charge in [-0.05, 0) is 30.5 Å². The smallest absolute Gasteiger partial charge is 0.368 e. The summed E-state index contributed by atoms with van der Waals surface area (Å²) in [7, 11) is 0. The fourth-order valence-electron chi connectivity index (χ4n) is 2.13. The Bertz CT molecular complexity index is 612. The molecule has 1 fully saturated rings. The van der Waals surface area contributed by atoms with Gasteiger partial charge in [0.25, 0.3) is 0 Å². The average Bonchev–Trinajstić information content (AvgIpc) is 2.86. The van der Waals surface area contributed by atoms with Crippen LogP contribution in [0.1, 0.15) is 38.8 Å². The van der Waals surface area contributed by atoms with Crippen LogP contribution < -0.4 is 5.32 Å². The van der Waals surface area contributed by atoms with E-state index in [0.717, 1.165) is 18.1 Å². The van der Waals surface area contributed by atoms with Crippen LogP contribution in [0.5, 0.6) is 0 Å². The van der Waals surface area contributed by atoms with Crippen LogP contribution in [0.2, 0.25) is 0 Å². The van der Waals surface area contributed by atoms with Gasteiger partial charge in [-0.25, -0.2) is 0 Å². The van der Waals surface area contributed by atoms with E-state index in [0.29, 0.717) is 5.56 Å². The van der Waals surface area contributed by atoms with Gasteiger partial charge < -0.3 is 14.8 Å². The van der Waals surface area contributed by atoms with Crippen molar-refractivity contribution in [2.45, 2.75) is 52.6 Å². The molecule has 152 valence electrons. The summed E-state index contributed by atoms with van der Waals surface area (Å²) < 4.78 is 47.5. The SMILES string of the molecule is CC(C)C.CC1OCC(=O)C1NC(=O)COCc1ccc(C(F)(F)F)cc1. The Hall–Kier alpha value is -1.93. The van der Waals surface area contributed by atoms with Gasteiger partial charge in [0.05, 0.1) is 18.3 Å². The van der Waals surface area contributed by atoms with E-state index >= 15 is 0 Å². The zero-order valence-electron chi connectivity index (χ0n) is 15.9. The second kappa shape index (κ2) is 10.4. The van der Waals surface area contributed by atoms with Crippen LogP contribution in [0.4, 0.5) is 13.2 Å². The van der Waals surface area contributed by atoms with Crippen LogP contribution in [-0.2, 0) is 31.8 Å². The first kappa shape index (κ1) is 23.1. The molecule has 1 aliphatic heterocycles. The molecule has 5 nitrogen and oxygen atoms in total. The molecule has 1 aromatic rings. The minimum Gasteiger partial charge on any atom is -0.368 e. The van der Waals surface area contributed by atoms with Gasteiger partial charge in [0.1, 0.15) is 19.3 Å². The maximum Gasteiger partial charge on any atom is 0.416 e. The number of rotatable bonds is 5. The number of nitrogens with one attached hydrogen (secondary N) is 1. The molecule has 0 saturated carbocycles. The van der Waals surface area contributed by atoms with Gasteiger partial charge in [0.15, 0.2) is 5.78 Å². The summed E-state index contributed by atoms with van der Waals surface area (Å²) >= 11 is 0. The zero-order valence-corrected chi connectivity index (χ0v) is 15.9. The summed E-state index contributed by atoms with van der Waals surface area (Å²) in [6.07, 6.45) is -4.77. The molecule has 2 rings (SSSR count). The Labute approximate surface area is 157 Å². The molecule has 1 aromatic carbocycles. The van der Waals surface area contributed by atoms with E-state index in [4.69, 9.17) is 9.47 Å². The van der Waals surface area contributed by atoms with Crippen molar-refractivity contribution in [1.82, 2.24) is 5.32 Å². The molecule has 0 aromatic heterocycles. The highest BCUT2D eigenvalue weighted by Crippen LogP contribution is 2.29. The molecule has 1 amide bonds. The third kappa shape index (κ3) is 8.53. The van der Waals surface area contributed by atoms with Crippen LogP contribution in [-0.4, -0.2) is 37.0 Å². The normalized spacial score (nSPS) is 19.6. The highest BCUT2D eigenvalue weighted by atomic mass is 19.4. The van der Waals surface area contributed by atoms with Gasteiger partial charge in [-0.15, -0.1) is 0 Å². The summed E-state index contributed by atoms with van der Waals surface area (Å²) in [5.74, 6) is 0.154. The van der Waals surface area contributed by atoms with E-state index in [1.807, 2.05) is 0 Å². The van der Waals surface area contributed by atoms with E-state index in [1.165, 1.54) is 12.1 Å². The predicted octanol–water partition coefficient (Wildman–Crippen LogP) is 3.36. The minimum atomic E-state index is -4.38. The number of ketones is 1. The molecule has 2 atom stereocenters. The molecule has 1 aliphatic rings. The topological polar surface area (TPSA) is 64.6 Å². The third-order valence-corrected chi connectivity index (χ3v) is 3.40. The summed E-state index contributed by atoms with van der Waals surface area (Å²) in [6, 6.07) is 3.80. The van der Waals surface area contributed by atoms with Crippen molar-refractivity contribution in [3.05, 3.63) is 35.4 Å². The highest BCUT2D eigenvalue weighted by Gasteiger charge is 2.33. The lowest BCUT2D eigenvalue weighted by Crippen LogP contribution is -2.45. The first-order chi connectivity index (χ1) is 12.5. The maximum atomic E-state index is 12.4. The molecule has 8 heteroatoms. The van der Waals surface area contributed by atoms with Gasteiger partial charge in [-0.2, -0.15) is 13.2 Å². The minimum absolute atomic E-state index is 0.00375. The first-order valence-electron chi connectivity index (χ1n) is 8.68. The molecule has 1 saturated heterocycles. The standard InChI is InChI=1S/C15H16F3NO4.C4H10/c1-9-14(12(20)7-23-9)19-13(21)8-22-6-10-2-4-11(5-3-10)15(16,17)18;1-4(2)3/h2-5,9,14H,6-8H2,1H3,(H,19,21);4H,1-3H3. The molecule has 1 N–H and O–H groups in total. The Morgan fingerprint density at radius 3 is 2.26 bits per heavy atom. The van der Waals surface area contributed by atoms with Crippen molar-refractivity contribution in [3.8, 4) is 0 Å². The van der Waals surface area contributed by atoms with Crippen LogP contribution in [0, 0.1) is 5.92 Å². The molecule has 0 radical (unpaired) electrons. The molecule has 0 aliphatic carbocycles. The number of Topliss-reactive ketones (excluding diaryl/α,β-unsaturated/α-hetero) is 1. The summed E-state index contributed by atoms with van der Waals surface area (Å²) in [4.78, 5) is 23.1. The fraction of sp³-hybridized carbons (Fsp3) is 0.579. The van der Waals surface area contributed by atoms with Crippen molar-refractivity contribution in [3.63, 3.8) is 0 Å². The number of carbonyl (C=O) groups is 2. The number of benzene rings is 1. The number of alkyl halides is 3.